The number of hydrogen-bond acceptors (Lipinski definition) is 8. The van der Waals surface area contributed by atoms with E-state index in [1.165, 1.54) is 22.7 Å². The van der Waals surface area contributed by atoms with Crippen molar-refractivity contribution < 1.29 is 28.8 Å². The minimum absolute atomic E-state index is 0.0799. The normalized spacial score (nSPS) is 11.4. The van der Waals surface area contributed by atoms with Crippen molar-refractivity contribution in [3.8, 4) is 28.7 Å². The second kappa shape index (κ2) is 9.33. The summed E-state index contributed by atoms with van der Waals surface area (Å²) < 4.78 is 23.2. The van der Waals surface area contributed by atoms with Crippen molar-refractivity contribution in [3.05, 3.63) is 63.7 Å². The van der Waals surface area contributed by atoms with E-state index in [2.05, 4.69) is 0 Å². The first-order valence-corrected chi connectivity index (χ1v) is 11.3. The molecule has 0 atom stereocenters. The molecular formula is C24H19O6S2-. The van der Waals surface area contributed by atoms with Crippen LogP contribution in [0.2, 0.25) is 0 Å². The van der Waals surface area contributed by atoms with Crippen molar-refractivity contribution in [1.82, 2.24) is 0 Å². The maximum atomic E-state index is 11.9. The van der Waals surface area contributed by atoms with Gasteiger partial charge in [0.05, 0.1) is 32.2 Å². The SMILES string of the molecule is COc1ccc(Oc2c(/C=C(/C(=O)[O-])c3ccsc3)sc3cc(OC)c(OC)cc23)cc1. The Balaban J connectivity index is 1.90. The van der Waals surface area contributed by atoms with Gasteiger partial charge in [0.15, 0.2) is 17.2 Å². The standard InChI is InChI=1S/C24H20O6S2/c1-27-15-4-6-16(7-5-15)30-23-18-10-19(28-2)20(29-3)12-21(18)32-22(23)11-17(24(25)26)14-8-9-31-13-14/h4-13H,1-3H3,(H,25,26)/p-1/b17-11+. The number of aliphatic carboxylic acids is 1. The highest BCUT2D eigenvalue weighted by molar-refractivity contribution is 7.20. The van der Waals surface area contributed by atoms with E-state index in [1.54, 1.807) is 63.1 Å². The summed E-state index contributed by atoms with van der Waals surface area (Å²) in [5, 5.41) is 16.3. The van der Waals surface area contributed by atoms with Gasteiger partial charge < -0.3 is 28.8 Å². The van der Waals surface area contributed by atoms with Gasteiger partial charge in [0.2, 0.25) is 0 Å². The lowest BCUT2D eigenvalue weighted by molar-refractivity contribution is -0.295. The van der Waals surface area contributed by atoms with Crippen LogP contribution in [0, 0.1) is 0 Å². The number of benzene rings is 2. The molecule has 0 unspecified atom stereocenters. The quantitative estimate of drug-likeness (QED) is 0.337. The van der Waals surface area contributed by atoms with Gasteiger partial charge in [0.25, 0.3) is 0 Å². The van der Waals surface area contributed by atoms with E-state index < -0.39 is 5.97 Å². The van der Waals surface area contributed by atoms with Crippen molar-refractivity contribution in [2.45, 2.75) is 0 Å². The Morgan fingerprint density at radius 2 is 1.62 bits per heavy atom. The highest BCUT2D eigenvalue weighted by Crippen LogP contribution is 2.46. The molecule has 2 aromatic heterocycles. The molecule has 2 aromatic carbocycles. The minimum atomic E-state index is -1.26. The molecule has 0 amide bonds. The Hall–Kier alpha value is -3.49. The number of methoxy groups -OCH3 is 3. The van der Waals surface area contributed by atoms with Crippen molar-refractivity contribution in [1.29, 1.82) is 0 Å². The van der Waals surface area contributed by atoms with E-state index in [0.717, 1.165) is 10.1 Å². The summed E-state index contributed by atoms with van der Waals surface area (Å²) >= 11 is 2.81. The molecule has 0 saturated carbocycles. The topological polar surface area (TPSA) is 77.1 Å². The van der Waals surface area contributed by atoms with Gasteiger partial charge in [-0.05, 0) is 58.8 Å². The molecule has 0 radical (unpaired) electrons. The molecule has 0 aliphatic rings. The van der Waals surface area contributed by atoms with Gasteiger partial charge >= 0.3 is 0 Å². The first-order valence-electron chi connectivity index (χ1n) is 9.50. The second-order valence-corrected chi connectivity index (χ2v) is 8.50. The summed E-state index contributed by atoms with van der Waals surface area (Å²) in [6.45, 7) is 0. The third-order valence-corrected chi connectivity index (χ3v) is 6.55. The van der Waals surface area contributed by atoms with E-state index in [0.29, 0.717) is 39.2 Å². The van der Waals surface area contributed by atoms with E-state index in [4.69, 9.17) is 18.9 Å². The average Bonchev–Trinajstić information content (AvgIpc) is 3.45. The first-order chi connectivity index (χ1) is 15.5. The predicted molar refractivity (Wildman–Crippen MR) is 125 cm³/mol. The zero-order valence-electron chi connectivity index (χ0n) is 17.5. The molecule has 0 fully saturated rings. The highest BCUT2D eigenvalue weighted by Gasteiger charge is 2.18. The molecule has 4 rings (SSSR count). The van der Waals surface area contributed by atoms with Crippen molar-refractivity contribution in [2.75, 3.05) is 21.3 Å². The summed E-state index contributed by atoms with van der Waals surface area (Å²) in [7, 11) is 4.72. The molecule has 0 saturated heterocycles. The van der Waals surface area contributed by atoms with Crippen LogP contribution in [-0.4, -0.2) is 27.3 Å². The van der Waals surface area contributed by atoms with E-state index in [9.17, 15) is 9.90 Å². The largest absolute Gasteiger partial charge is 0.545 e. The van der Waals surface area contributed by atoms with Gasteiger partial charge in [0.1, 0.15) is 11.5 Å². The molecule has 32 heavy (non-hydrogen) atoms. The summed E-state index contributed by atoms with van der Waals surface area (Å²) in [4.78, 5) is 12.5. The van der Waals surface area contributed by atoms with E-state index in [-0.39, 0.29) is 5.57 Å². The van der Waals surface area contributed by atoms with Crippen LogP contribution >= 0.6 is 22.7 Å². The third-order valence-electron chi connectivity index (χ3n) is 4.78. The Labute approximate surface area is 192 Å². The Morgan fingerprint density at radius 1 is 0.938 bits per heavy atom. The number of ether oxygens (including phenoxy) is 4. The molecule has 2 heterocycles. The summed E-state index contributed by atoms with van der Waals surface area (Å²) in [5.74, 6) is 1.67. The molecular weight excluding hydrogens is 448 g/mol. The van der Waals surface area contributed by atoms with Gasteiger partial charge in [0, 0.05) is 21.7 Å². The molecule has 0 aliphatic heterocycles. The van der Waals surface area contributed by atoms with Crippen LogP contribution in [0.1, 0.15) is 10.4 Å². The Bertz CT molecular complexity index is 1270. The van der Waals surface area contributed by atoms with Crippen LogP contribution in [0.3, 0.4) is 0 Å². The average molecular weight is 468 g/mol. The van der Waals surface area contributed by atoms with Gasteiger partial charge in [-0.1, -0.05) is 0 Å². The maximum Gasteiger partial charge on any atom is 0.162 e. The number of rotatable bonds is 8. The number of carboxylic acid groups (broad SMARTS) is 1. The fourth-order valence-electron chi connectivity index (χ4n) is 3.19. The molecule has 0 spiro atoms. The van der Waals surface area contributed by atoms with Crippen molar-refractivity contribution in [2.24, 2.45) is 0 Å². The van der Waals surface area contributed by atoms with Crippen LogP contribution in [0.25, 0.3) is 21.7 Å². The van der Waals surface area contributed by atoms with Crippen molar-refractivity contribution in [3.63, 3.8) is 0 Å². The molecule has 0 N–H and O–H groups in total. The molecule has 6 nitrogen and oxygen atoms in total. The van der Waals surface area contributed by atoms with Gasteiger partial charge in [-0.3, -0.25) is 0 Å². The van der Waals surface area contributed by atoms with Crippen LogP contribution in [0.5, 0.6) is 28.7 Å². The smallest absolute Gasteiger partial charge is 0.162 e. The van der Waals surface area contributed by atoms with Crippen LogP contribution < -0.4 is 24.1 Å². The molecule has 4 aromatic rings. The maximum absolute atomic E-state index is 11.9. The lowest BCUT2D eigenvalue weighted by Gasteiger charge is -2.11. The fraction of sp³-hybridized carbons (Fsp3) is 0.125. The summed E-state index contributed by atoms with van der Waals surface area (Å²) in [5.41, 5.74) is 0.661. The number of carboxylic acids is 1. The van der Waals surface area contributed by atoms with Gasteiger partial charge in [-0.15, -0.1) is 11.3 Å². The monoisotopic (exact) mass is 467 g/mol. The number of thiophene rings is 2. The fourth-order valence-corrected chi connectivity index (χ4v) is 4.93. The van der Waals surface area contributed by atoms with Crippen LogP contribution in [-0.2, 0) is 4.79 Å². The van der Waals surface area contributed by atoms with E-state index >= 15 is 0 Å². The number of fused-ring (bicyclic) bond motifs is 1. The Morgan fingerprint density at radius 3 is 2.22 bits per heavy atom. The number of hydrogen-bond donors (Lipinski definition) is 0. The molecule has 164 valence electrons. The molecule has 0 bridgehead atoms. The van der Waals surface area contributed by atoms with Crippen molar-refractivity contribution >= 4 is 50.4 Å². The third kappa shape index (κ3) is 4.28. The van der Waals surface area contributed by atoms with Gasteiger partial charge in [-0.25, -0.2) is 0 Å². The second-order valence-electron chi connectivity index (χ2n) is 6.63. The first kappa shape index (κ1) is 21.7. The zero-order valence-corrected chi connectivity index (χ0v) is 19.2. The summed E-state index contributed by atoms with van der Waals surface area (Å²) in [6.07, 6.45) is 1.58. The lowest BCUT2D eigenvalue weighted by Crippen LogP contribution is -2.23. The van der Waals surface area contributed by atoms with E-state index in [1.807, 2.05) is 17.5 Å². The zero-order chi connectivity index (χ0) is 22.7. The predicted octanol–water partition coefficient (Wildman–Crippen LogP) is 5.07. The minimum Gasteiger partial charge on any atom is -0.545 e. The van der Waals surface area contributed by atoms with Crippen LogP contribution in [0.4, 0.5) is 0 Å². The molecule has 8 heteroatoms. The molecule has 0 aliphatic carbocycles. The van der Waals surface area contributed by atoms with Gasteiger partial charge in [-0.2, -0.15) is 11.3 Å². The Kier molecular flexibility index (Phi) is 6.34. The summed E-state index contributed by atoms with van der Waals surface area (Å²) in [6, 6.07) is 12.6. The van der Waals surface area contributed by atoms with Crippen LogP contribution in [0.15, 0.2) is 53.2 Å². The lowest BCUT2D eigenvalue weighted by atomic mass is 10.1. The number of carbonyl (C=O) groups excluding carboxylic acids is 1. The number of carbonyl (C=O) groups is 1. The highest BCUT2D eigenvalue weighted by atomic mass is 32.1.